The van der Waals surface area contributed by atoms with Crippen molar-refractivity contribution in [2.24, 2.45) is 0 Å². The van der Waals surface area contributed by atoms with Crippen LogP contribution in [0.4, 0.5) is 0 Å². The summed E-state index contributed by atoms with van der Waals surface area (Å²) in [5.41, 5.74) is 1.32. The first-order chi connectivity index (χ1) is 13.4. The normalized spacial score (nSPS) is 19.7. The van der Waals surface area contributed by atoms with Gasteiger partial charge in [0.15, 0.2) is 0 Å². The zero-order valence-corrected chi connectivity index (χ0v) is 16.6. The molecule has 0 saturated carbocycles. The minimum Gasteiger partial charge on any atom is -0.371 e. The number of benzene rings is 2. The highest BCUT2D eigenvalue weighted by atomic mass is 16.5. The molecule has 0 atom stereocenters. The maximum Gasteiger partial charge on any atom is 0.0833 e. The minimum atomic E-state index is 0.306. The molecule has 0 bridgehead atoms. The van der Waals surface area contributed by atoms with Gasteiger partial charge in [0.25, 0.3) is 0 Å². The number of ether oxygens (including phenoxy) is 1. The van der Waals surface area contributed by atoms with Crippen LogP contribution in [-0.4, -0.2) is 55.2 Å². The molecule has 0 unspecified atom stereocenters. The van der Waals surface area contributed by atoms with Gasteiger partial charge in [-0.05, 0) is 68.2 Å². The molecule has 2 fully saturated rings. The molecule has 4 rings (SSSR count). The molecule has 2 saturated heterocycles. The van der Waals surface area contributed by atoms with Crippen LogP contribution in [-0.2, 0) is 11.3 Å². The second-order valence-corrected chi connectivity index (χ2v) is 8.29. The highest BCUT2D eigenvalue weighted by Crippen LogP contribution is 2.21. The number of hydrogen-bond acceptors (Lipinski definition) is 3. The van der Waals surface area contributed by atoms with Crippen molar-refractivity contribution in [2.45, 2.75) is 51.2 Å². The maximum atomic E-state index is 6.56. The summed E-state index contributed by atoms with van der Waals surface area (Å²) in [6.45, 7) is 7.86. The monoisotopic (exact) mass is 366 g/mol. The Kier molecular flexibility index (Phi) is 6.78. The number of nitrogens with zero attached hydrogens (tertiary/aromatic N) is 2. The summed E-state index contributed by atoms with van der Waals surface area (Å²) in [6.07, 6.45) is 8.48. The van der Waals surface area contributed by atoms with Crippen LogP contribution in [0.15, 0.2) is 42.5 Å². The Bertz CT molecular complexity index is 679. The van der Waals surface area contributed by atoms with Gasteiger partial charge in [-0.3, -0.25) is 0 Å². The van der Waals surface area contributed by atoms with Gasteiger partial charge < -0.3 is 14.5 Å². The Hall–Kier alpha value is -1.42. The number of fused-ring (bicyclic) bond motifs is 1. The lowest BCUT2D eigenvalue weighted by Crippen LogP contribution is -2.44. The summed E-state index contributed by atoms with van der Waals surface area (Å²) in [7, 11) is 0. The Morgan fingerprint density at radius 1 is 0.704 bits per heavy atom. The van der Waals surface area contributed by atoms with Crippen LogP contribution in [0.5, 0.6) is 0 Å². The molecule has 0 amide bonds. The molecule has 146 valence electrons. The minimum absolute atomic E-state index is 0.306. The van der Waals surface area contributed by atoms with Gasteiger partial charge in [0, 0.05) is 13.1 Å². The molecule has 0 aromatic heterocycles. The van der Waals surface area contributed by atoms with Crippen LogP contribution in [0.1, 0.15) is 44.1 Å². The van der Waals surface area contributed by atoms with E-state index < -0.39 is 0 Å². The Balaban J connectivity index is 1.42. The summed E-state index contributed by atoms with van der Waals surface area (Å²) in [5.74, 6) is 0. The van der Waals surface area contributed by atoms with Crippen molar-refractivity contribution in [3.05, 3.63) is 48.0 Å². The van der Waals surface area contributed by atoms with Gasteiger partial charge in [-0.15, -0.1) is 0 Å². The zero-order chi connectivity index (χ0) is 18.3. The Morgan fingerprint density at radius 2 is 1.30 bits per heavy atom. The first-order valence-electron chi connectivity index (χ1n) is 10.9. The number of likely N-dealkylation sites (tertiary alicyclic amines) is 2. The zero-order valence-electron chi connectivity index (χ0n) is 16.6. The molecule has 2 aliphatic heterocycles. The Morgan fingerprint density at radius 3 is 1.96 bits per heavy atom. The van der Waals surface area contributed by atoms with E-state index in [0.717, 1.165) is 13.1 Å². The van der Waals surface area contributed by atoms with E-state index in [2.05, 4.69) is 52.3 Å². The van der Waals surface area contributed by atoms with E-state index >= 15 is 0 Å². The van der Waals surface area contributed by atoms with Crippen LogP contribution in [0.2, 0.25) is 0 Å². The number of hydrogen-bond donors (Lipinski definition) is 0. The van der Waals surface area contributed by atoms with Gasteiger partial charge in [0.1, 0.15) is 0 Å². The second kappa shape index (κ2) is 9.68. The summed E-state index contributed by atoms with van der Waals surface area (Å²) >= 11 is 0. The van der Waals surface area contributed by atoms with Gasteiger partial charge in [0.2, 0.25) is 0 Å². The van der Waals surface area contributed by atoms with Crippen molar-refractivity contribution in [2.75, 3.05) is 39.3 Å². The van der Waals surface area contributed by atoms with E-state index in [-0.39, 0.29) is 0 Å². The molecule has 27 heavy (non-hydrogen) atoms. The van der Waals surface area contributed by atoms with Crippen molar-refractivity contribution in [1.29, 1.82) is 0 Å². The quantitative estimate of drug-likeness (QED) is 0.706. The van der Waals surface area contributed by atoms with Crippen LogP contribution in [0, 0.1) is 0 Å². The van der Waals surface area contributed by atoms with Crippen molar-refractivity contribution < 1.29 is 4.74 Å². The third-order valence-corrected chi connectivity index (χ3v) is 6.18. The SMILES string of the molecule is c1ccc2c(COC(CN3CCCCC3)CN3CCCCC3)cccc2c1. The van der Waals surface area contributed by atoms with E-state index in [9.17, 15) is 0 Å². The lowest BCUT2D eigenvalue weighted by atomic mass is 10.1. The molecule has 2 aromatic carbocycles. The molecule has 3 nitrogen and oxygen atoms in total. The van der Waals surface area contributed by atoms with Gasteiger partial charge in [-0.25, -0.2) is 0 Å². The molecule has 2 aliphatic rings. The molecule has 0 N–H and O–H groups in total. The maximum absolute atomic E-state index is 6.56. The third-order valence-electron chi connectivity index (χ3n) is 6.18. The molecule has 2 heterocycles. The standard InChI is InChI=1S/C24H34N2O/c1-5-14-25(15-6-1)18-23(19-26-16-7-2-8-17-26)27-20-22-12-9-11-21-10-3-4-13-24(21)22/h3-4,9-13,23H,1-2,5-8,14-20H2. The summed E-state index contributed by atoms with van der Waals surface area (Å²) < 4.78 is 6.56. The fraction of sp³-hybridized carbons (Fsp3) is 0.583. The van der Waals surface area contributed by atoms with E-state index in [1.54, 1.807) is 0 Å². The number of rotatable bonds is 7. The molecule has 0 spiro atoms. The average molecular weight is 367 g/mol. The third kappa shape index (κ3) is 5.31. The summed E-state index contributed by atoms with van der Waals surface area (Å²) in [4.78, 5) is 5.25. The van der Waals surface area contributed by atoms with Gasteiger partial charge >= 0.3 is 0 Å². The average Bonchev–Trinajstić information content (AvgIpc) is 2.73. The first kappa shape index (κ1) is 18.9. The smallest absolute Gasteiger partial charge is 0.0833 e. The Labute approximate surface area is 164 Å². The molecule has 0 radical (unpaired) electrons. The molecule has 0 aliphatic carbocycles. The first-order valence-corrected chi connectivity index (χ1v) is 10.9. The van der Waals surface area contributed by atoms with Crippen molar-refractivity contribution in [3.8, 4) is 0 Å². The highest BCUT2D eigenvalue weighted by molar-refractivity contribution is 5.85. The molecular formula is C24H34N2O. The largest absolute Gasteiger partial charge is 0.371 e. The van der Waals surface area contributed by atoms with Crippen LogP contribution < -0.4 is 0 Å². The van der Waals surface area contributed by atoms with E-state index in [1.807, 2.05) is 0 Å². The van der Waals surface area contributed by atoms with Crippen LogP contribution in [0.25, 0.3) is 10.8 Å². The van der Waals surface area contributed by atoms with Crippen LogP contribution >= 0.6 is 0 Å². The second-order valence-electron chi connectivity index (χ2n) is 8.29. The van der Waals surface area contributed by atoms with Crippen molar-refractivity contribution in [1.82, 2.24) is 9.80 Å². The van der Waals surface area contributed by atoms with Gasteiger partial charge in [-0.2, -0.15) is 0 Å². The van der Waals surface area contributed by atoms with Crippen molar-refractivity contribution >= 4 is 10.8 Å². The lowest BCUT2D eigenvalue weighted by Gasteiger charge is -2.34. The highest BCUT2D eigenvalue weighted by Gasteiger charge is 2.21. The van der Waals surface area contributed by atoms with E-state index in [0.29, 0.717) is 12.7 Å². The van der Waals surface area contributed by atoms with E-state index in [1.165, 1.54) is 81.0 Å². The van der Waals surface area contributed by atoms with Gasteiger partial charge in [-0.1, -0.05) is 55.3 Å². The fourth-order valence-corrected chi connectivity index (χ4v) is 4.65. The molecule has 2 aromatic rings. The molecule has 3 heteroatoms. The fourth-order valence-electron chi connectivity index (χ4n) is 4.65. The van der Waals surface area contributed by atoms with Crippen molar-refractivity contribution in [3.63, 3.8) is 0 Å². The predicted octanol–water partition coefficient (Wildman–Crippen LogP) is 4.70. The summed E-state index contributed by atoms with van der Waals surface area (Å²) in [5, 5.41) is 2.64. The number of piperidine rings is 2. The summed E-state index contributed by atoms with van der Waals surface area (Å²) in [6, 6.07) is 15.2. The van der Waals surface area contributed by atoms with E-state index in [4.69, 9.17) is 4.74 Å². The lowest BCUT2D eigenvalue weighted by molar-refractivity contribution is -0.0114. The molecular weight excluding hydrogens is 332 g/mol. The predicted molar refractivity (Wildman–Crippen MR) is 113 cm³/mol. The van der Waals surface area contributed by atoms with Crippen LogP contribution in [0.3, 0.4) is 0 Å². The topological polar surface area (TPSA) is 15.7 Å². The van der Waals surface area contributed by atoms with Gasteiger partial charge in [0.05, 0.1) is 12.7 Å².